The third-order valence-corrected chi connectivity index (χ3v) is 5.91. The molecule has 1 saturated carbocycles. The predicted octanol–water partition coefficient (Wildman–Crippen LogP) is 3.79. The lowest BCUT2D eigenvalue weighted by molar-refractivity contribution is -0.137. The topological polar surface area (TPSA) is 63.9 Å². The van der Waals surface area contributed by atoms with Gasteiger partial charge in [0.1, 0.15) is 6.54 Å². The third kappa shape index (κ3) is 4.00. The monoisotopic (exact) mass is 407 g/mol. The molecule has 1 aromatic carbocycles. The Morgan fingerprint density at radius 1 is 1.24 bits per heavy atom. The standard InChI is InChI=1S/C20H24F3N5O/c1-18(2)8-15-9-19(3,11-18)12-27(15)16(29)10-28-25-17(24-26-28)13-5-4-6-14(7-13)20(21,22)23/h4-7,15H,8-12H2,1-3H3. The van der Waals surface area contributed by atoms with E-state index in [9.17, 15) is 18.0 Å². The lowest BCUT2D eigenvalue weighted by Gasteiger charge is -2.39. The molecule has 156 valence electrons. The molecule has 29 heavy (non-hydrogen) atoms. The van der Waals surface area contributed by atoms with Crippen LogP contribution in [0.1, 0.15) is 45.6 Å². The molecule has 1 amide bonds. The summed E-state index contributed by atoms with van der Waals surface area (Å²) in [5, 5.41) is 11.8. The van der Waals surface area contributed by atoms with Crippen LogP contribution < -0.4 is 0 Å². The number of rotatable bonds is 3. The van der Waals surface area contributed by atoms with Gasteiger partial charge >= 0.3 is 6.18 Å². The summed E-state index contributed by atoms with van der Waals surface area (Å²) in [7, 11) is 0. The number of hydrogen-bond donors (Lipinski definition) is 0. The SMILES string of the molecule is CC1(C)CC2CC(C)(CN2C(=O)Cn2nnc(-c3cccc(C(F)(F)F)c3)n2)C1. The number of fused-ring (bicyclic) bond motifs is 2. The van der Waals surface area contributed by atoms with E-state index >= 15 is 0 Å². The average molecular weight is 407 g/mol. The third-order valence-electron chi connectivity index (χ3n) is 5.91. The molecule has 2 aromatic rings. The van der Waals surface area contributed by atoms with Crippen LogP contribution in [0.25, 0.3) is 11.4 Å². The van der Waals surface area contributed by atoms with E-state index in [4.69, 9.17) is 0 Å². The molecule has 1 saturated heterocycles. The number of amides is 1. The Kier molecular flexibility index (Phi) is 4.47. The van der Waals surface area contributed by atoms with Gasteiger partial charge in [0, 0.05) is 18.2 Å². The number of halogens is 3. The second kappa shape index (κ2) is 6.53. The van der Waals surface area contributed by atoms with Gasteiger partial charge in [-0.3, -0.25) is 4.79 Å². The average Bonchev–Trinajstić information content (AvgIpc) is 3.15. The molecule has 2 atom stereocenters. The molecule has 1 aliphatic carbocycles. The molecule has 0 spiro atoms. The summed E-state index contributed by atoms with van der Waals surface area (Å²) in [4.78, 5) is 16.0. The van der Waals surface area contributed by atoms with Crippen molar-refractivity contribution in [2.24, 2.45) is 10.8 Å². The number of alkyl halides is 3. The summed E-state index contributed by atoms with van der Waals surface area (Å²) in [6, 6.07) is 4.98. The van der Waals surface area contributed by atoms with Crippen LogP contribution in [0.4, 0.5) is 13.2 Å². The van der Waals surface area contributed by atoms with Gasteiger partial charge in [-0.25, -0.2) is 0 Å². The van der Waals surface area contributed by atoms with E-state index < -0.39 is 11.7 Å². The first-order valence-electron chi connectivity index (χ1n) is 9.69. The van der Waals surface area contributed by atoms with Gasteiger partial charge in [0.15, 0.2) is 0 Å². The van der Waals surface area contributed by atoms with Crippen molar-refractivity contribution in [3.63, 3.8) is 0 Å². The summed E-state index contributed by atoms with van der Waals surface area (Å²) in [5.74, 6) is -0.0124. The number of carbonyl (C=O) groups is 1. The van der Waals surface area contributed by atoms with Crippen LogP contribution in [0.3, 0.4) is 0 Å². The Hall–Kier alpha value is -2.45. The molecule has 4 rings (SSSR count). The molecular weight excluding hydrogens is 383 g/mol. The highest BCUT2D eigenvalue weighted by Gasteiger charge is 2.50. The van der Waals surface area contributed by atoms with E-state index in [1.165, 1.54) is 12.1 Å². The van der Waals surface area contributed by atoms with Gasteiger partial charge in [0.2, 0.25) is 11.7 Å². The van der Waals surface area contributed by atoms with E-state index in [0.717, 1.165) is 42.7 Å². The molecule has 2 aliphatic rings. The molecule has 2 bridgehead atoms. The molecule has 1 aromatic heterocycles. The summed E-state index contributed by atoms with van der Waals surface area (Å²) in [5.41, 5.74) is -0.233. The minimum Gasteiger partial charge on any atom is -0.337 e. The van der Waals surface area contributed by atoms with Crippen molar-refractivity contribution in [3.8, 4) is 11.4 Å². The molecule has 2 fully saturated rings. The van der Waals surface area contributed by atoms with Crippen LogP contribution in [-0.2, 0) is 17.5 Å². The lowest BCUT2D eigenvalue weighted by Crippen LogP contribution is -2.39. The fourth-order valence-corrected chi connectivity index (χ4v) is 5.22. The van der Waals surface area contributed by atoms with Crippen LogP contribution in [0, 0.1) is 10.8 Å². The highest BCUT2D eigenvalue weighted by molar-refractivity contribution is 5.76. The lowest BCUT2D eigenvalue weighted by atomic mass is 9.65. The number of carbonyl (C=O) groups excluding carboxylic acids is 1. The molecular formula is C20H24F3N5O. The van der Waals surface area contributed by atoms with Crippen LogP contribution in [0.2, 0.25) is 0 Å². The van der Waals surface area contributed by atoms with E-state index in [1.807, 2.05) is 4.90 Å². The number of likely N-dealkylation sites (tertiary alicyclic amines) is 1. The van der Waals surface area contributed by atoms with Crippen LogP contribution in [0.15, 0.2) is 24.3 Å². The number of nitrogens with zero attached hydrogens (tertiary/aromatic N) is 5. The van der Waals surface area contributed by atoms with E-state index in [1.54, 1.807) is 0 Å². The molecule has 2 heterocycles. The van der Waals surface area contributed by atoms with Gasteiger partial charge in [-0.05, 0) is 47.4 Å². The van der Waals surface area contributed by atoms with Crippen molar-refractivity contribution < 1.29 is 18.0 Å². The van der Waals surface area contributed by atoms with Crippen molar-refractivity contribution in [3.05, 3.63) is 29.8 Å². The number of benzene rings is 1. The van der Waals surface area contributed by atoms with Crippen LogP contribution in [0.5, 0.6) is 0 Å². The van der Waals surface area contributed by atoms with E-state index in [2.05, 4.69) is 36.2 Å². The summed E-state index contributed by atoms with van der Waals surface area (Å²) in [6.07, 6.45) is -1.39. The number of tetrazole rings is 1. The van der Waals surface area contributed by atoms with Gasteiger partial charge in [-0.1, -0.05) is 32.9 Å². The smallest absolute Gasteiger partial charge is 0.337 e. The fourth-order valence-electron chi connectivity index (χ4n) is 5.22. The number of aromatic nitrogens is 4. The maximum atomic E-state index is 12.9. The van der Waals surface area contributed by atoms with Gasteiger partial charge < -0.3 is 4.90 Å². The van der Waals surface area contributed by atoms with Gasteiger partial charge in [-0.15, -0.1) is 10.2 Å². The molecule has 2 unspecified atom stereocenters. The first-order valence-corrected chi connectivity index (χ1v) is 9.69. The fraction of sp³-hybridized carbons (Fsp3) is 0.600. The highest BCUT2D eigenvalue weighted by Crippen LogP contribution is 2.52. The van der Waals surface area contributed by atoms with Crippen LogP contribution in [-0.4, -0.2) is 43.6 Å². The maximum Gasteiger partial charge on any atom is 0.416 e. The van der Waals surface area contributed by atoms with Crippen molar-refractivity contribution in [2.75, 3.05) is 6.54 Å². The zero-order chi connectivity index (χ0) is 21.0. The Bertz CT molecular complexity index is 938. The zero-order valence-electron chi connectivity index (χ0n) is 16.7. The quantitative estimate of drug-likeness (QED) is 0.777. The number of hydrogen-bond acceptors (Lipinski definition) is 4. The van der Waals surface area contributed by atoms with Gasteiger partial charge in [-0.2, -0.15) is 18.0 Å². The molecule has 1 aliphatic heterocycles. The molecule has 0 N–H and O–H groups in total. The minimum atomic E-state index is -4.45. The molecule has 0 radical (unpaired) electrons. The van der Waals surface area contributed by atoms with Gasteiger partial charge in [0.05, 0.1) is 5.56 Å². The Morgan fingerprint density at radius 2 is 2.00 bits per heavy atom. The van der Waals surface area contributed by atoms with Gasteiger partial charge in [0.25, 0.3) is 0 Å². The Morgan fingerprint density at radius 3 is 2.72 bits per heavy atom. The Labute approximate surface area is 167 Å². The van der Waals surface area contributed by atoms with Crippen molar-refractivity contribution >= 4 is 5.91 Å². The minimum absolute atomic E-state index is 0.0668. The molecule has 9 heteroatoms. The summed E-state index contributed by atoms with van der Waals surface area (Å²) in [6.45, 7) is 7.36. The Balaban J connectivity index is 1.48. The highest BCUT2D eigenvalue weighted by atomic mass is 19.4. The summed E-state index contributed by atoms with van der Waals surface area (Å²) >= 11 is 0. The van der Waals surface area contributed by atoms with E-state index in [0.29, 0.717) is 0 Å². The normalized spacial score (nSPS) is 26.0. The van der Waals surface area contributed by atoms with Crippen LogP contribution >= 0.6 is 0 Å². The maximum absolute atomic E-state index is 12.9. The molecule has 6 nitrogen and oxygen atoms in total. The first-order chi connectivity index (χ1) is 13.4. The predicted molar refractivity (Wildman–Crippen MR) is 99.5 cm³/mol. The van der Waals surface area contributed by atoms with Crippen molar-refractivity contribution in [2.45, 2.75) is 58.8 Å². The second-order valence-electron chi connectivity index (χ2n) is 9.46. The zero-order valence-corrected chi connectivity index (χ0v) is 16.7. The van der Waals surface area contributed by atoms with Crippen molar-refractivity contribution in [1.29, 1.82) is 0 Å². The second-order valence-corrected chi connectivity index (χ2v) is 9.46. The van der Waals surface area contributed by atoms with E-state index in [-0.39, 0.29) is 40.7 Å². The first kappa shape index (κ1) is 19.8. The van der Waals surface area contributed by atoms with Crippen molar-refractivity contribution in [1.82, 2.24) is 25.1 Å². The summed E-state index contributed by atoms with van der Waals surface area (Å²) < 4.78 is 38.7. The largest absolute Gasteiger partial charge is 0.416 e.